The molecule has 0 amide bonds. The number of aliphatic hydroxyl groups excluding tert-OH is 1. The van der Waals surface area contributed by atoms with Gasteiger partial charge in [-0.15, -0.1) is 0 Å². The number of aliphatic hydroxyl groups is 1. The number of rotatable bonds is 2. The van der Waals surface area contributed by atoms with Crippen molar-refractivity contribution in [3.05, 3.63) is 66.7 Å². The Balaban J connectivity index is 1.84. The second kappa shape index (κ2) is 7.89. The molecule has 5 aromatic rings. The molecule has 188 valence electrons. The molecule has 2 aromatic heterocycles. The number of nitrogens with one attached hydrogen (secondary N) is 1. The first-order valence-corrected chi connectivity index (χ1v) is 11.7. The van der Waals surface area contributed by atoms with Crippen molar-refractivity contribution in [1.29, 1.82) is 0 Å². The third kappa shape index (κ3) is 3.01. The lowest BCUT2D eigenvalue weighted by Crippen LogP contribution is -2.16. The van der Waals surface area contributed by atoms with E-state index in [-0.39, 0.29) is 61.4 Å². The molecule has 1 unspecified atom stereocenters. The van der Waals surface area contributed by atoms with Crippen LogP contribution in [-0.4, -0.2) is 34.5 Å². The molecule has 0 spiro atoms. The minimum absolute atomic E-state index is 0.00668. The third-order valence-electron chi connectivity index (χ3n) is 6.91. The van der Waals surface area contributed by atoms with Crippen LogP contribution in [0.15, 0.2) is 38.3 Å². The van der Waals surface area contributed by atoms with E-state index in [1.54, 1.807) is 19.1 Å². The van der Waals surface area contributed by atoms with Gasteiger partial charge in [-0.25, -0.2) is 0 Å². The van der Waals surface area contributed by atoms with Crippen molar-refractivity contribution < 1.29 is 29.2 Å². The number of aromatic hydroxyl groups is 2. The molecule has 6 rings (SSSR count). The lowest BCUT2D eigenvalue weighted by Gasteiger charge is -2.28. The fraction of sp³-hybridized carbons (Fsp3) is 0.185. The van der Waals surface area contributed by atoms with E-state index in [9.17, 15) is 24.9 Å². The highest BCUT2D eigenvalue weighted by Crippen LogP contribution is 2.55. The largest absolute Gasteiger partial charge is 0.506 e. The van der Waals surface area contributed by atoms with Crippen molar-refractivity contribution in [3.8, 4) is 34.1 Å². The molecule has 0 bridgehead atoms. The Morgan fingerprint density at radius 2 is 1.70 bits per heavy atom. The van der Waals surface area contributed by atoms with Gasteiger partial charge in [-0.1, -0.05) is 11.6 Å². The van der Waals surface area contributed by atoms with Crippen molar-refractivity contribution in [1.82, 2.24) is 4.98 Å². The molecule has 0 saturated heterocycles. The first kappa shape index (κ1) is 23.2. The molecule has 9 nitrogen and oxygen atoms in total. The van der Waals surface area contributed by atoms with Gasteiger partial charge >= 0.3 is 0 Å². The van der Waals surface area contributed by atoms with Crippen LogP contribution in [0.4, 0.5) is 0 Å². The zero-order valence-electron chi connectivity index (χ0n) is 19.9. The van der Waals surface area contributed by atoms with Gasteiger partial charge in [0.15, 0.2) is 22.7 Å². The fourth-order valence-electron chi connectivity index (χ4n) is 5.38. The Morgan fingerprint density at radius 1 is 1.00 bits per heavy atom. The van der Waals surface area contributed by atoms with E-state index in [0.29, 0.717) is 22.2 Å². The van der Waals surface area contributed by atoms with Gasteiger partial charge in [0.2, 0.25) is 5.43 Å². The van der Waals surface area contributed by atoms with Gasteiger partial charge in [-0.05, 0) is 42.1 Å². The van der Waals surface area contributed by atoms with E-state index in [0.717, 1.165) is 0 Å². The van der Waals surface area contributed by atoms with Gasteiger partial charge in [0.05, 0.1) is 36.1 Å². The molecule has 1 aliphatic rings. The Labute approximate surface area is 213 Å². The summed E-state index contributed by atoms with van der Waals surface area (Å²) in [6.45, 7) is 1.71. The molecule has 1 atom stereocenters. The summed E-state index contributed by atoms with van der Waals surface area (Å²) >= 11 is 6.23. The number of hydrogen-bond donors (Lipinski definition) is 4. The molecule has 0 radical (unpaired) electrons. The highest BCUT2D eigenvalue weighted by atomic mass is 35.5. The minimum Gasteiger partial charge on any atom is -0.506 e. The van der Waals surface area contributed by atoms with Gasteiger partial charge < -0.3 is 34.2 Å². The highest BCUT2D eigenvalue weighted by Gasteiger charge is 2.36. The van der Waals surface area contributed by atoms with Crippen molar-refractivity contribution in [2.45, 2.75) is 19.4 Å². The van der Waals surface area contributed by atoms with Crippen LogP contribution in [0.3, 0.4) is 0 Å². The van der Waals surface area contributed by atoms with Crippen LogP contribution in [0.2, 0.25) is 5.02 Å². The van der Waals surface area contributed by atoms with Gasteiger partial charge in [-0.2, -0.15) is 0 Å². The lowest BCUT2D eigenvalue weighted by molar-refractivity contribution is 0.175. The minimum atomic E-state index is -1.11. The van der Waals surface area contributed by atoms with E-state index < -0.39 is 28.6 Å². The smallest absolute Gasteiger partial charge is 0.259 e. The van der Waals surface area contributed by atoms with E-state index >= 15 is 0 Å². The molecule has 37 heavy (non-hydrogen) atoms. The zero-order valence-corrected chi connectivity index (χ0v) is 20.6. The van der Waals surface area contributed by atoms with Crippen LogP contribution in [-0.2, 0) is 6.42 Å². The number of aromatic amines is 1. The van der Waals surface area contributed by atoms with Gasteiger partial charge in [0.1, 0.15) is 16.9 Å². The molecule has 0 aliphatic heterocycles. The van der Waals surface area contributed by atoms with E-state index in [1.807, 2.05) is 0 Å². The van der Waals surface area contributed by atoms with Crippen LogP contribution in [0, 0.1) is 6.92 Å². The van der Waals surface area contributed by atoms with Crippen LogP contribution < -0.4 is 20.5 Å². The number of phenolic OH excluding ortho intramolecular Hbond substituents is 2. The first-order chi connectivity index (χ1) is 17.7. The second-order valence-corrected chi connectivity index (χ2v) is 9.39. The number of H-pyrrole nitrogens is 1. The number of hydrogen-bond acceptors (Lipinski definition) is 8. The first-order valence-electron chi connectivity index (χ1n) is 11.3. The molecule has 4 N–H and O–H groups in total. The maximum absolute atomic E-state index is 13.7. The number of fused-ring (bicyclic) bond motifs is 6. The number of benzene rings is 3. The molecule has 3 aromatic carbocycles. The predicted molar refractivity (Wildman–Crippen MR) is 138 cm³/mol. The number of pyridine rings is 1. The number of aromatic nitrogens is 1. The molecule has 1 aliphatic carbocycles. The number of aryl methyl sites for hydroxylation is 1. The molecule has 10 heteroatoms. The van der Waals surface area contributed by atoms with E-state index in [1.165, 1.54) is 26.4 Å². The summed E-state index contributed by atoms with van der Waals surface area (Å²) in [7, 11) is 2.75. The molecular formula is C27H20ClNO8. The van der Waals surface area contributed by atoms with Gasteiger partial charge in [0.25, 0.3) is 5.56 Å². The Hall–Kier alpha value is -4.21. The number of methoxy groups -OCH3 is 2. The fourth-order valence-corrected chi connectivity index (χ4v) is 5.60. The van der Waals surface area contributed by atoms with Crippen molar-refractivity contribution in [2.75, 3.05) is 14.2 Å². The predicted octanol–water partition coefficient (Wildman–Crippen LogP) is 4.43. The molecular weight excluding hydrogens is 502 g/mol. The molecule has 0 fully saturated rings. The molecule has 2 heterocycles. The maximum atomic E-state index is 13.7. The highest BCUT2D eigenvalue weighted by molar-refractivity contribution is 6.33. The average Bonchev–Trinajstić information content (AvgIpc) is 2.84. The normalized spacial score (nSPS) is 14.7. The summed E-state index contributed by atoms with van der Waals surface area (Å²) in [6, 6.07) is 6.22. The quantitative estimate of drug-likeness (QED) is 0.250. The van der Waals surface area contributed by atoms with Crippen LogP contribution in [0.1, 0.15) is 22.9 Å². The van der Waals surface area contributed by atoms with Gasteiger partial charge in [0, 0.05) is 28.8 Å². The third-order valence-corrected chi connectivity index (χ3v) is 7.21. The Kier molecular flexibility index (Phi) is 4.95. The van der Waals surface area contributed by atoms with Crippen molar-refractivity contribution in [3.63, 3.8) is 0 Å². The topological polar surface area (TPSA) is 142 Å². The second-order valence-electron chi connectivity index (χ2n) is 8.98. The van der Waals surface area contributed by atoms with Gasteiger partial charge in [-0.3, -0.25) is 9.59 Å². The SMILES string of the molecule is COc1c(Cl)ccc2c(=O)c3c(O)c4c(c(OC)c3oc12)CC(O)c1cc2cc(C)[nH]c(=O)c2c(O)c1-4. The summed E-state index contributed by atoms with van der Waals surface area (Å²) in [5, 5.41) is 34.5. The lowest BCUT2D eigenvalue weighted by atomic mass is 9.80. The monoisotopic (exact) mass is 521 g/mol. The van der Waals surface area contributed by atoms with Crippen molar-refractivity contribution in [2.24, 2.45) is 0 Å². The van der Waals surface area contributed by atoms with E-state index in [4.69, 9.17) is 25.5 Å². The molecule has 0 saturated carbocycles. The number of phenols is 2. The summed E-state index contributed by atoms with van der Waals surface area (Å²) in [5.74, 6) is -0.668. The van der Waals surface area contributed by atoms with Crippen LogP contribution in [0.5, 0.6) is 23.0 Å². The summed E-state index contributed by atoms with van der Waals surface area (Å²) in [4.78, 5) is 29.1. The van der Waals surface area contributed by atoms with Crippen molar-refractivity contribution >= 4 is 44.3 Å². The van der Waals surface area contributed by atoms with Crippen LogP contribution in [0.25, 0.3) is 43.8 Å². The maximum Gasteiger partial charge on any atom is 0.259 e. The summed E-state index contributed by atoms with van der Waals surface area (Å²) < 4.78 is 17.0. The average molecular weight is 522 g/mol. The Morgan fingerprint density at radius 3 is 2.41 bits per heavy atom. The number of halogens is 1. The standard InChI is InChI=1S/C27H20ClNO8/c1-9-6-10-7-12-15(30)8-13-18(17(12)21(32)16(10)27(34)29-9)22(33)19-20(31)11-4-5-14(28)25(36-3)24(11)37-26(19)23(13)35-2/h4-7,15,30,32-33H,8H2,1-3H3,(H,29,34). The Bertz CT molecular complexity index is 1940. The van der Waals surface area contributed by atoms with E-state index in [2.05, 4.69) is 4.98 Å². The zero-order chi connectivity index (χ0) is 26.3. The summed E-state index contributed by atoms with van der Waals surface area (Å²) in [5.41, 5.74) is 0.201. The summed E-state index contributed by atoms with van der Waals surface area (Å²) in [6.07, 6.45) is -1.13. The number of ether oxygens (including phenoxy) is 2. The van der Waals surface area contributed by atoms with Crippen LogP contribution >= 0.6 is 11.6 Å².